The predicted molar refractivity (Wildman–Crippen MR) is 105 cm³/mol. The van der Waals surface area contributed by atoms with Crippen molar-refractivity contribution in [2.24, 2.45) is 0 Å². The Morgan fingerprint density at radius 3 is 2.75 bits per heavy atom. The molecule has 2 amide bonds. The molecule has 1 fully saturated rings. The molecule has 7 heteroatoms. The van der Waals surface area contributed by atoms with Crippen molar-refractivity contribution in [1.29, 1.82) is 0 Å². The zero-order valence-electron chi connectivity index (χ0n) is 16.0. The summed E-state index contributed by atoms with van der Waals surface area (Å²) in [6, 6.07) is 14.8. The molecule has 148 valence electrons. The molecule has 0 aromatic heterocycles. The van der Waals surface area contributed by atoms with Crippen LogP contribution in [0.3, 0.4) is 0 Å². The summed E-state index contributed by atoms with van der Waals surface area (Å²) in [4.78, 5) is 25.9. The molecule has 1 heterocycles. The maximum absolute atomic E-state index is 12.2. The van der Waals surface area contributed by atoms with Gasteiger partial charge in [-0.1, -0.05) is 23.8 Å². The second-order valence-electron chi connectivity index (χ2n) is 6.54. The lowest BCUT2D eigenvalue weighted by molar-refractivity contribution is -0.130. The normalized spacial score (nSPS) is 16.6. The van der Waals surface area contributed by atoms with E-state index >= 15 is 0 Å². The number of benzene rings is 2. The number of nitrogens with one attached hydrogen (secondary N) is 1. The zero-order chi connectivity index (χ0) is 19.9. The van der Waals surface area contributed by atoms with Crippen LogP contribution < -0.4 is 19.7 Å². The molecule has 1 saturated heterocycles. The molecule has 7 nitrogen and oxygen atoms in total. The number of methoxy groups -OCH3 is 1. The van der Waals surface area contributed by atoms with Gasteiger partial charge in [-0.15, -0.1) is 0 Å². The Morgan fingerprint density at radius 1 is 1.21 bits per heavy atom. The number of anilines is 1. The third-order valence-corrected chi connectivity index (χ3v) is 4.41. The minimum absolute atomic E-state index is 0.0301. The third-order valence-electron chi connectivity index (χ3n) is 4.41. The molecule has 1 aliphatic rings. The van der Waals surface area contributed by atoms with Crippen LogP contribution in [0, 0.1) is 6.92 Å². The molecule has 0 bridgehead atoms. The summed E-state index contributed by atoms with van der Waals surface area (Å²) in [5.41, 5.74) is 1.87. The van der Waals surface area contributed by atoms with E-state index in [-0.39, 0.29) is 31.1 Å². The van der Waals surface area contributed by atoms with Crippen LogP contribution in [0.25, 0.3) is 0 Å². The van der Waals surface area contributed by atoms with Crippen LogP contribution in [-0.4, -0.2) is 51.3 Å². The van der Waals surface area contributed by atoms with Crippen LogP contribution in [0.1, 0.15) is 5.56 Å². The Kier molecular flexibility index (Phi) is 6.49. The standard InChI is InChI=1S/C21H24N2O5/c1-15-6-8-17(9-7-15)27-13-20(24)22-11-19-12-23(21(25)14-28-19)16-4-3-5-18(10-16)26-2/h3-10,19H,11-14H2,1-2H3,(H,22,24). The molecule has 1 unspecified atom stereocenters. The van der Waals surface area contributed by atoms with E-state index in [1.165, 1.54) is 0 Å². The van der Waals surface area contributed by atoms with Gasteiger partial charge in [0.15, 0.2) is 6.61 Å². The van der Waals surface area contributed by atoms with Crippen molar-refractivity contribution in [3.63, 3.8) is 0 Å². The van der Waals surface area contributed by atoms with Crippen LogP contribution in [0.5, 0.6) is 11.5 Å². The average molecular weight is 384 g/mol. The minimum atomic E-state index is -0.299. The quantitative estimate of drug-likeness (QED) is 0.789. The summed E-state index contributed by atoms with van der Waals surface area (Å²) in [7, 11) is 1.58. The highest BCUT2D eigenvalue weighted by Gasteiger charge is 2.28. The van der Waals surface area contributed by atoms with E-state index in [0.29, 0.717) is 24.6 Å². The van der Waals surface area contributed by atoms with Gasteiger partial charge >= 0.3 is 0 Å². The van der Waals surface area contributed by atoms with E-state index in [4.69, 9.17) is 14.2 Å². The first-order chi connectivity index (χ1) is 13.5. The van der Waals surface area contributed by atoms with Gasteiger partial charge in [0.1, 0.15) is 18.1 Å². The summed E-state index contributed by atoms with van der Waals surface area (Å²) in [6.45, 7) is 2.53. The maximum atomic E-state index is 12.2. The first-order valence-corrected chi connectivity index (χ1v) is 9.07. The molecular formula is C21H24N2O5. The van der Waals surface area contributed by atoms with Gasteiger partial charge in [-0.2, -0.15) is 0 Å². The first-order valence-electron chi connectivity index (χ1n) is 9.07. The van der Waals surface area contributed by atoms with Gasteiger partial charge in [-0.05, 0) is 31.2 Å². The lowest BCUT2D eigenvalue weighted by atomic mass is 10.2. The SMILES string of the molecule is COc1cccc(N2CC(CNC(=O)COc3ccc(C)cc3)OCC2=O)c1. The Bertz CT molecular complexity index is 822. The van der Waals surface area contributed by atoms with Crippen LogP contribution in [-0.2, 0) is 14.3 Å². The predicted octanol–water partition coefficient (Wildman–Crippen LogP) is 1.93. The van der Waals surface area contributed by atoms with Gasteiger partial charge in [-0.25, -0.2) is 0 Å². The van der Waals surface area contributed by atoms with Crippen LogP contribution in [0.4, 0.5) is 5.69 Å². The monoisotopic (exact) mass is 384 g/mol. The molecule has 0 radical (unpaired) electrons. The number of rotatable bonds is 7. The summed E-state index contributed by atoms with van der Waals surface area (Å²) in [5.74, 6) is 0.951. The molecule has 1 aliphatic heterocycles. The number of morpholine rings is 1. The van der Waals surface area contributed by atoms with Crippen LogP contribution in [0.15, 0.2) is 48.5 Å². The number of ether oxygens (including phenoxy) is 3. The Balaban J connectivity index is 1.49. The van der Waals surface area contributed by atoms with Crippen LogP contribution >= 0.6 is 0 Å². The largest absolute Gasteiger partial charge is 0.497 e. The van der Waals surface area contributed by atoms with E-state index in [0.717, 1.165) is 11.3 Å². The van der Waals surface area contributed by atoms with Crippen molar-refractivity contribution in [2.75, 3.05) is 38.3 Å². The van der Waals surface area contributed by atoms with E-state index in [1.807, 2.05) is 49.4 Å². The van der Waals surface area contributed by atoms with E-state index in [2.05, 4.69) is 5.32 Å². The second-order valence-corrected chi connectivity index (χ2v) is 6.54. The fourth-order valence-corrected chi connectivity index (χ4v) is 2.84. The zero-order valence-corrected chi connectivity index (χ0v) is 16.0. The van der Waals surface area contributed by atoms with Crippen LogP contribution in [0.2, 0.25) is 0 Å². The van der Waals surface area contributed by atoms with Gasteiger partial charge in [0.25, 0.3) is 11.8 Å². The average Bonchev–Trinajstić information content (AvgIpc) is 2.72. The maximum Gasteiger partial charge on any atom is 0.258 e. The summed E-state index contributed by atoms with van der Waals surface area (Å²) in [5, 5.41) is 2.79. The molecular weight excluding hydrogens is 360 g/mol. The number of nitrogens with zero attached hydrogens (tertiary/aromatic N) is 1. The van der Waals surface area contributed by atoms with Crippen molar-refractivity contribution in [3.8, 4) is 11.5 Å². The number of aryl methyl sites for hydroxylation is 1. The molecule has 0 aliphatic carbocycles. The Hall–Kier alpha value is -3.06. The van der Waals surface area contributed by atoms with E-state index < -0.39 is 0 Å². The van der Waals surface area contributed by atoms with E-state index in [1.54, 1.807) is 18.1 Å². The molecule has 2 aromatic rings. The highest BCUT2D eigenvalue weighted by atomic mass is 16.5. The van der Waals surface area contributed by atoms with Crippen molar-refractivity contribution in [2.45, 2.75) is 13.0 Å². The smallest absolute Gasteiger partial charge is 0.258 e. The fourth-order valence-electron chi connectivity index (χ4n) is 2.84. The van der Waals surface area contributed by atoms with Gasteiger partial charge in [0.2, 0.25) is 0 Å². The van der Waals surface area contributed by atoms with Crippen molar-refractivity contribution >= 4 is 17.5 Å². The van der Waals surface area contributed by atoms with Gasteiger partial charge in [0, 0.05) is 18.3 Å². The fraction of sp³-hybridized carbons (Fsp3) is 0.333. The molecule has 28 heavy (non-hydrogen) atoms. The number of hydrogen-bond donors (Lipinski definition) is 1. The molecule has 2 aromatic carbocycles. The Morgan fingerprint density at radius 2 is 2.00 bits per heavy atom. The minimum Gasteiger partial charge on any atom is -0.497 e. The number of hydrogen-bond acceptors (Lipinski definition) is 5. The highest BCUT2D eigenvalue weighted by Crippen LogP contribution is 2.23. The molecule has 1 atom stereocenters. The summed E-state index contributed by atoms with van der Waals surface area (Å²) in [6.07, 6.45) is -0.299. The van der Waals surface area contributed by atoms with Crippen molar-refractivity contribution in [1.82, 2.24) is 5.32 Å². The topological polar surface area (TPSA) is 77.1 Å². The van der Waals surface area contributed by atoms with Crippen molar-refractivity contribution in [3.05, 3.63) is 54.1 Å². The molecule has 0 saturated carbocycles. The summed E-state index contributed by atoms with van der Waals surface area (Å²) < 4.78 is 16.2. The number of amides is 2. The third kappa shape index (κ3) is 5.23. The van der Waals surface area contributed by atoms with Gasteiger partial charge < -0.3 is 24.4 Å². The lowest BCUT2D eigenvalue weighted by Crippen LogP contribution is -2.51. The number of carbonyl (C=O) groups is 2. The Labute approximate surface area is 164 Å². The van der Waals surface area contributed by atoms with Crippen molar-refractivity contribution < 1.29 is 23.8 Å². The summed E-state index contributed by atoms with van der Waals surface area (Å²) >= 11 is 0. The molecule has 1 N–H and O–H groups in total. The first kappa shape index (κ1) is 19.7. The second kappa shape index (κ2) is 9.23. The lowest BCUT2D eigenvalue weighted by Gasteiger charge is -2.33. The molecule has 3 rings (SSSR count). The van der Waals surface area contributed by atoms with E-state index in [9.17, 15) is 9.59 Å². The molecule has 0 spiro atoms. The van der Waals surface area contributed by atoms with Gasteiger partial charge in [-0.3, -0.25) is 9.59 Å². The van der Waals surface area contributed by atoms with Gasteiger partial charge in [0.05, 0.1) is 19.8 Å². The number of carbonyl (C=O) groups excluding carboxylic acids is 2. The highest BCUT2D eigenvalue weighted by molar-refractivity contribution is 5.95.